The number of pyridine rings is 1. The number of fused-ring (bicyclic) bond motifs is 1. The first-order valence-corrected chi connectivity index (χ1v) is 8.45. The van der Waals surface area contributed by atoms with Gasteiger partial charge in [0.15, 0.2) is 10.8 Å². The predicted molar refractivity (Wildman–Crippen MR) is 80.1 cm³/mol. The molecule has 7 nitrogen and oxygen atoms in total. The summed E-state index contributed by atoms with van der Waals surface area (Å²) in [5.74, 6) is 6.12. The second kappa shape index (κ2) is 5.28. The lowest BCUT2D eigenvalue weighted by Gasteiger charge is -2.13. The third-order valence-corrected chi connectivity index (χ3v) is 5.44. The second-order valence-corrected chi connectivity index (χ2v) is 7.20. The summed E-state index contributed by atoms with van der Waals surface area (Å²) in [6, 6.07) is 5.26. The molecule has 4 N–H and O–H groups in total. The Kier molecular flexibility index (Phi) is 3.60. The molecule has 2 aromatic rings. The number of nitrogens with zero attached hydrogens (tertiary/aromatic N) is 2. The van der Waals surface area contributed by atoms with Crippen molar-refractivity contribution in [3.63, 3.8) is 0 Å². The number of hydrazine groups is 1. The minimum Gasteiger partial charge on any atom is -0.306 e. The summed E-state index contributed by atoms with van der Waals surface area (Å²) in [5.41, 5.74) is 2.91. The van der Waals surface area contributed by atoms with Crippen molar-refractivity contribution in [2.45, 2.75) is 37.3 Å². The summed E-state index contributed by atoms with van der Waals surface area (Å²) in [7, 11) is -3.69. The Morgan fingerprint density at radius 2 is 2.19 bits per heavy atom. The number of imidazole rings is 1. The number of sulfonamides is 1. The lowest BCUT2D eigenvalue weighted by molar-refractivity contribution is 0.535. The van der Waals surface area contributed by atoms with Gasteiger partial charge in [0.2, 0.25) is 0 Å². The molecule has 1 fully saturated rings. The Labute approximate surface area is 123 Å². The fourth-order valence-corrected chi connectivity index (χ4v) is 4.45. The normalized spacial score (nSPS) is 22.8. The fraction of sp³-hybridized carbons (Fsp3) is 0.462. The average Bonchev–Trinajstić information content (AvgIpc) is 3.01. The lowest BCUT2D eigenvalue weighted by Crippen LogP contribution is -2.34. The first kappa shape index (κ1) is 14.3. The van der Waals surface area contributed by atoms with Crippen molar-refractivity contribution in [2.24, 2.45) is 11.8 Å². The van der Waals surface area contributed by atoms with Gasteiger partial charge in [-0.05, 0) is 37.3 Å². The summed E-state index contributed by atoms with van der Waals surface area (Å²) in [6.07, 6.45) is 4.43. The van der Waals surface area contributed by atoms with E-state index in [1.807, 2.05) is 0 Å². The van der Waals surface area contributed by atoms with Crippen LogP contribution in [0.5, 0.6) is 0 Å². The Morgan fingerprint density at radius 3 is 2.86 bits per heavy atom. The van der Waals surface area contributed by atoms with E-state index in [2.05, 4.69) is 22.1 Å². The molecule has 2 atom stereocenters. The number of anilines is 1. The van der Waals surface area contributed by atoms with Crippen molar-refractivity contribution in [3.8, 4) is 0 Å². The molecule has 0 saturated heterocycles. The molecule has 2 unspecified atom stereocenters. The molecule has 2 heterocycles. The van der Waals surface area contributed by atoms with Gasteiger partial charge in [-0.2, -0.15) is 0 Å². The molecule has 8 heteroatoms. The van der Waals surface area contributed by atoms with Crippen LogP contribution in [-0.4, -0.2) is 23.8 Å². The Hall–Kier alpha value is -1.64. The van der Waals surface area contributed by atoms with Crippen LogP contribution in [0, 0.1) is 5.92 Å². The van der Waals surface area contributed by atoms with Gasteiger partial charge in [-0.3, -0.25) is 4.40 Å². The molecule has 1 saturated carbocycles. The van der Waals surface area contributed by atoms with Crippen molar-refractivity contribution < 1.29 is 8.42 Å². The summed E-state index contributed by atoms with van der Waals surface area (Å²) in [4.78, 5) is 4.19. The zero-order valence-electron chi connectivity index (χ0n) is 11.8. The van der Waals surface area contributed by atoms with E-state index in [0.717, 1.165) is 19.3 Å². The first-order valence-electron chi connectivity index (χ1n) is 6.97. The Balaban J connectivity index is 2.01. The van der Waals surface area contributed by atoms with Crippen molar-refractivity contribution in [2.75, 3.05) is 5.43 Å². The van der Waals surface area contributed by atoms with Crippen LogP contribution in [0.1, 0.15) is 26.2 Å². The van der Waals surface area contributed by atoms with Gasteiger partial charge >= 0.3 is 0 Å². The van der Waals surface area contributed by atoms with E-state index in [9.17, 15) is 8.42 Å². The number of nitrogens with two attached hydrogens (primary N) is 1. The van der Waals surface area contributed by atoms with Crippen LogP contribution < -0.4 is 16.0 Å². The summed E-state index contributed by atoms with van der Waals surface area (Å²) < 4.78 is 29.7. The van der Waals surface area contributed by atoms with Gasteiger partial charge < -0.3 is 5.43 Å². The molecular weight excluding hydrogens is 290 g/mol. The number of hydrogen-bond donors (Lipinski definition) is 3. The highest BCUT2D eigenvalue weighted by Crippen LogP contribution is 2.28. The largest absolute Gasteiger partial charge is 0.306 e. The monoisotopic (exact) mass is 309 g/mol. The summed E-state index contributed by atoms with van der Waals surface area (Å²) in [5, 5.41) is 0.0557. The predicted octanol–water partition coefficient (Wildman–Crippen LogP) is 1.09. The Bertz CT molecular complexity index is 755. The molecule has 0 radical (unpaired) electrons. The molecule has 0 spiro atoms. The maximum Gasteiger partial charge on any atom is 0.260 e. The smallest absolute Gasteiger partial charge is 0.260 e. The van der Waals surface area contributed by atoms with Crippen LogP contribution in [0.15, 0.2) is 29.4 Å². The first-order chi connectivity index (χ1) is 10.0. The van der Waals surface area contributed by atoms with E-state index < -0.39 is 10.0 Å². The molecular formula is C13H19N5O2S. The molecule has 0 aromatic carbocycles. The second-order valence-electron chi connectivity index (χ2n) is 5.58. The van der Waals surface area contributed by atoms with Gasteiger partial charge in [-0.1, -0.05) is 13.0 Å². The zero-order chi connectivity index (χ0) is 15.0. The van der Waals surface area contributed by atoms with Crippen molar-refractivity contribution >= 4 is 21.5 Å². The zero-order valence-corrected chi connectivity index (χ0v) is 12.6. The lowest BCUT2D eigenvalue weighted by atomic mass is 10.1. The van der Waals surface area contributed by atoms with Crippen molar-refractivity contribution in [1.29, 1.82) is 0 Å². The van der Waals surface area contributed by atoms with Gasteiger partial charge in [0.1, 0.15) is 5.65 Å². The van der Waals surface area contributed by atoms with Crippen molar-refractivity contribution in [1.82, 2.24) is 14.1 Å². The van der Waals surface area contributed by atoms with Crippen LogP contribution in [-0.2, 0) is 10.0 Å². The summed E-state index contributed by atoms with van der Waals surface area (Å²) in [6.45, 7) is 2.13. The van der Waals surface area contributed by atoms with Crippen LogP contribution in [0.4, 0.5) is 5.82 Å². The third kappa shape index (κ3) is 2.61. The van der Waals surface area contributed by atoms with E-state index in [1.165, 1.54) is 4.40 Å². The molecule has 114 valence electrons. The fourth-order valence-electron chi connectivity index (χ4n) is 2.91. The maximum absolute atomic E-state index is 12.7. The van der Waals surface area contributed by atoms with Gasteiger partial charge in [0.05, 0.1) is 0 Å². The van der Waals surface area contributed by atoms with Crippen LogP contribution >= 0.6 is 0 Å². The number of nitrogen functional groups attached to an aromatic ring is 1. The number of hydrogen-bond acceptors (Lipinski definition) is 5. The quantitative estimate of drug-likeness (QED) is 0.579. The summed E-state index contributed by atoms with van der Waals surface area (Å²) >= 11 is 0. The average molecular weight is 309 g/mol. The van der Waals surface area contributed by atoms with Gasteiger partial charge in [-0.25, -0.2) is 24.0 Å². The number of aromatic nitrogens is 2. The standard InChI is InChI=1S/C13H19N5O2S/c1-9-5-6-10(8-9)17-21(19,20)13-12(16-14)15-11-4-2-3-7-18(11)13/h2-4,7,9-10,16-17H,5-6,8,14H2,1H3. The molecule has 0 bridgehead atoms. The highest BCUT2D eigenvalue weighted by molar-refractivity contribution is 7.89. The molecule has 2 aromatic heterocycles. The van der Waals surface area contributed by atoms with Gasteiger partial charge in [-0.15, -0.1) is 0 Å². The molecule has 0 aliphatic heterocycles. The molecule has 21 heavy (non-hydrogen) atoms. The maximum atomic E-state index is 12.7. The van der Waals surface area contributed by atoms with Gasteiger partial charge in [0, 0.05) is 12.2 Å². The SMILES string of the molecule is CC1CCC(NS(=O)(=O)c2c(NN)nc3ccccn23)C1. The van der Waals surface area contributed by atoms with E-state index >= 15 is 0 Å². The molecule has 0 amide bonds. The number of nitrogens with one attached hydrogen (secondary N) is 2. The van der Waals surface area contributed by atoms with Crippen LogP contribution in [0.25, 0.3) is 5.65 Å². The Morgan fingerprint density at radius 1 is 1.38 bits per heavy atom. The third-order valence-electron chi connectivity index (χ3n) is 3.89. The molecule has 1 aliphatic rings. The number of rotatable bonds is 4. The molecule has 3 rings (SSSR count). The minimum absolute atomic E-state index is 0.0233. The minimum atomic E-state index is -3.69. The van der Waals surface area contributed by atoms with E-state index in [4.69, 9.17) is 5.84 Å². The van der Waals surface area contributed by atoms with E-state index in [0.29, 0.717) is 11.6 Å². The van der Waals surface area contributed by atoms with Crippen LogP contribution in [0.2, 0.25) is 0 Å². The van der Waals surface area contributed by atoms with Crippen molar-refractivity contribution in [3.05, 3.63) is 24.4 Å². The van der Waals surface area contributed by atoms with E-state index in [1.54, 1.807) is 24.4 Å². The van der Waals surface area contributed by atoms with Crippen LogP contribution in [0.3, 0.4) is 0 Å². The van der Waals surface area contributed by atoms with E-state index in [-0.39, 0.29) is 16.9 Å². The van der Waals surface area contributed by atoms with Gasteiger partial charge in [0.25, 0.3) is 10.0 Å². The topological polar surface area (TPSA) is 102 Å². The highest BCUT2D eigenvalue weighted by Gasteiger charge is 2.30. The highest BCUT2D eigenvalue weighted by atomic mass is 32.2. The molecule has 1 aliphatic carbocycles.